The largest absolute Gasteiger partial charge is 0.481 e. The van der Waals surface area contributed by atoms with Gasteiger partial charge in [-0.25, -0.2) is 4.98 Å². The van der Waals surface area contributed by atoms with Crippen LogP contribution in [0.4, 0.5) is 0 Å². The molecule has 1 aromatic carbocycles. The normalized spacial score (nSPS) is 11.1. The number of aliphatic carboxylic acids is 1. The molecule has 0 saturated heterocycles. The van der Waals surface area contributed by atoms with Gasteiger partial charge >= 0.3 is 5.97 Å². The van der Waals surface area contributed by atoms with E-state index in [1.807, 2.05) is 18.7 Å². The quantitative estimate of drug-likeness (QED) is 0.593. The van der Waals surface area contributed by atoms with Crippen LogP contribution in [-0.2, 0) is 11.3 Å². The molecule has 0 unspecified atom stereocenters. The van der Waals surface area contributed by atoms with E-state index in [1.165, 1.54) is 17.3 Å². The zero-order chi connectivity index (χ0) is 15.2. The fourth-order valence-electron chi connectivity index (χ4n) is 2.19. The number of hydrogen-bond donors (Lipinski definition) is 1. The Balaban J connectivity index is 2.23. The number of rotatable bonds is 8. The summed E-state index contributed by atoms with van der Waals surface area (Å²) in [4.78, 5) is 15.4. The van der Waals surface area contributed by atoms with Gasteiger partial charge in [-0.3, -0.25) is 4.79 Å². The third-order valence-electron chi connectivity index (χ3n) is 3.17. The number of fused-ring (bicyclic) bond motifs is 1. The second-order valence-corrected chi connectivity index (χ2v) is 6.85. The summed E-state index contributed by atoms with van der Waals surface area (Å²) in [6, 6.07) is 6.21. The molecule has 114 valence electrons. The van der Waals surface area contributed by atoms with E-state index in [1.54, 1.807) is 0 Å². The molecule has 1 heterocycles. The Labute approximate surface area is 133 Å². The van der Waals surface area contributed by atoms with E-state index in [-0.39, 0.29) is 5.75 Å². The number of nitrogens with zero attached hydrogens (tertiary/aromatic N) is 2. The molecule has 0 spiro atoms. The molecule has 0 aliphatic rings. The predicted octanol–water partition coefficient (Wildman–Crippen LogP) is 3.66. The topological polar surface area (TPSA) is 55.1 Å². The summed E-state index contributed by atoms with van der Waals surface area (Å²) in [5.41, 5.74) is 3.22. The molecule has 2 aromatic rings. The maximum atomic E-state index is 10.8. The molecule has 0 saturated carbocycles. The van der Waals surface area contributed by atoms with Crippen molar-refractivity contribution < 1.29 is 9.90 Å². The molecule has 1 N–H and O–H groups in total. The molecule has 0 fully saturated rings. The van der Waals surface area contributed by atoms with Gasteiger partial charge in [0.2, 0.25) is 0 Å². The van der Waals surface area contributed by atoms with Crippen molar-refractivity contribution in [2.45, 2.75) is 31.5 Å². The summed E-state index contributed by atoms with van der Waals surface area (Å²) in [7, 11) is 0. The molecule has 4 nitrogen and oxygen atoms in total. The third kappa shape index (κ3) is 4.41. The van der Waals surface area contributed by atoms with Gasteiger partial charge in [0.1, 0.15) is 0 Å². The Hall–Kier alpha value is -1.14. The van der Waals surface area contributed by atoms with Crippen molar-refractivity contribution in [2.75, 3.05) is 17.8 Å². The van der Waals surface area contributed by atoms with Crippen LogP contribution in [0.1, 0.15) is 18.4 Å². The first-order valence-corrected chi connectivity index (χ1v) is 9.30. The smallest absolute Gasteiger partial charge is 0.313 e. The highest BCUT2D eigenvalue weighted by atomic mass is 32.2. The van der Waals surface area contributed by atoms with Crippen LogP contribution in [0.5, 0.6) is 0 Å². The minimum Gasteiger partial charge on any atom is -0.481 e. The van der Waals surface area contributed by atoms with Crippen molar-refractivity contribution >= 4 is 40.5 Å². The minimum atomic E-state index is -0.808. The maximum absolute atomic E-state index is 10.8. The number of hydrogen-bond acceptors (Lipinski definition) is 4. The Bertz CT molecular complexity index is 625. The number of unbranched alkanes of at least 4 members (excludes halogenated alkanes) is 1. The molecular weight excluding hydrogens is 304 g/mol. The molecule has 0 radical (unpaired) electrons. The van der Waals surface area contributed by atoms with Gasteiger partial charge in [-0.1, -0.05) is 17.8 Å². The number of carboxylic acid groups (broad SMARTS) is 1. The van der Waals surface area contributed by atoms with E-state index < -0.39 is 5.97 Å². The van der Waals surface area contributed by atoms with Crippen LogP contribution in [0.15, 0.2) is 23.4 Å². The maximum Gasteiger partial charge on any atom is 0.313 e. The lowest BCUT2D eigenvalue weighted by Gasteiger charge is -2.08. The number of aryl methyl sites for hydroxylation is 2. The highest BCUT2D eigenvalue weighted by molar-refractivity contribution is 7.99. The van der Waals surface area contributed by atoms with Gasteiger partial charge < -0.3 is 9.67 Å². The van der Waals surface area contributed by atoms with Gasteiger partial charge in [-0.2, -0.15) is 11.8 Å². The van der Waals surface area contributed by atoms with Crippen LogP contribution in [0.25, 0.3) is 11.0 Å². The molecule has 0 amide bonds. The van der Waals surface area contributed by atoms with E-state index in [4.69, 9.17) is 5.11 Å². The van der Waals surface area contributed by atoms with E-state index >= 15 is 0 Å². The average Bonchev–Trinajstić information content (AvgIpc) is 2.78. The summed E-state index contributed by atoms with van der Waals surface area (Å²) >= 11 is 3.15. The van der Waals surface area contributed by atoms with Crippen molar-refractivity contribution in [2.24, 2.45) is 0 Å². The molecular formula is C15H20N2O2S2. The van der Waals surface area contributed by atoms with Crippen molar-refractivity contribution in [3.8, 4) is 0 Å². The van der Waals surface area contributed by atoms with E-state index in [0.717, 1.165) is 41.3 Å². The number of benzene rings is 1. The molecule has 2 rings (SSSR count). The van der Waals surface area contributed by atoms with Crippen LogP contribution in [0, 0.1) is 6.92 Å². The summed E-state index contributed by atoms with van der Waals surface area (Å²) in [5, 5.41) is 9.68. The van der Waals surface area contributed by atoms with E-state index in [2.05, 4.69) is 34.0 Å². The summed E-state index contributed by atoms with van der Waals surface area (Å²) in [6.45, 7) is 2.93. The standard InChI is InChI=1S/C15H20N2O2S2/c1-11-5-6-13-12(9-11)16-15(21-10-14(18)19)17(13)7-3-4-8-20-2/h5-6,9H,3-4,7-8,10H2,1-2H3,(H,18,19). The third-order valence-corrected chi connectivity index (χ3v) is 4.83. The van der Waals surface area contributed by atoms with E-state index in [0.29, 0.717) is 0 Å². The van der Waals surface area contributed by atoms with Crippen molar-refractivity contribution in [3.05, 3.63) is 23.8 Å². The number of carboxylic acids is 1. The second-order valence-electron chi connectivity index (χ2n) is 4.92. The predicted molar refractivity (Wildman–Crippen MR) is 90.4 cm³/mol. The molecule has 6 heteroatoms. The van der Waals surface area contributed by atoms with Crippen LogP contribution in [0.2, 0.25) is 0 Å². The lowest BCUT2D eigenvalue weighted by atomic mass is 10.2. The Kier molecular flexibility index (Phi) is 5.99. The van der Waals surface area contributed by atoms with Gasteiger partial charge in [0.25, 0.3) is 0 Å². The fourth-order valence-corrected chi connectivity index (χ4v) is 3.44. The second kappa shape index (κ2) is 7.75. The van der Waals surface area contributed by atoms with Crippen LogP contribution in [-0.4, -0.2) is 38.4 Å². The SMILES string of the molecule is CSCCCCn1c(SCC(=O)O)nc2cc(C)ccc21. The highest BCUT2D eigenvalue weighted by Crippen LogP contribution is 2.25. The first-order valence-electron chi connectivity index (χ1n) is 6.92. The molecule has 1 aromatic heterocycles. The minimum absolute atomic E-state index is 0.0487. The number of carbonyl (C=O) groups is 1. The summed E-state index contributed by atoms with van der Waals surface area (Å²) < 4.78 is 2.16. The fraction of sp³-hybridized carbons (Fsp3) is 0.467. The molecule has 0 bridgehead atoms. The monoisotopic (exact) mass is 324 g/mol. The molecule has 0 aliphatic carbocycles. The van der Waals surface area contributed by atoms with Gasteiger partial charge in [0.15, 0.2) is 5.16 Å². The highest BCUT2D eigenvalue weighted by Gasteiger charge is 2.12. The van der Waals surface area contributed by atoms with Crippen LogP contribution < -0.4 is 0 Å². The summed E-state index contributed by atoms with van der Waals surface area (Å²) in [6.07, 6.45) is 4.36. The van der Waals surface area contributed by atoms with Crippen molar-refractivity contribution in [1.29, 1.82) is 0 Å². The average molecular weight is 324 g/mol. The number of aromatic nitrogens is 2. The van der Waals surface area contributed by atoms with Gasteiger partial charge in [-0.05, 0) is 49.5 Å². The van der Waals surface area contributed by atoms with Gasteiger partial charge in [0.05, 0.1) is 16.8 Å². The van der Waals surface area contributed by atoms with Crippen molar-refractivity contribution in [1.82, 2.24) is 9.55 Å². The van der Waals surface area contributed by atoms with Crippen LogP contribution in [0.3, 0.4) is 0 Å². The van der Waals surface area contributed by atoms with Crippen LogP contribution >= 0.6 is 23.5 Å². The number of thioether (sulfide) groups is 2. The van der Waals surface area contributed by atoms with Gasteiger partial charge in [-0.15, -0.1) is 0 Å². The Morgan fingerprint density at radius 2 is 2.19 bits per heavy atom. The molecule has 21 heavy (non-hydrogen) atoms. The Morgan fingerprint density at radius 3 is 2.90 bits per heavy atom. The summed E-state index contributed by atoms with van der Waals surface area (Å²) in [5.74, 6) is 0.397. The molecule has 0 atom stereocenters. The number of imidazole rings is 1. The van der Waals surface area contributed by atoms with E-state index in [9.17, 15) is 4.79 Å². The Morgan fingerprint density at radius 1 is 1.38 bits per heavy atom. The lowest BCUT2D eigenvalue weighted by molar-refractivity contribution is -0.133. The van der Waals surface area contributed by atoms with Crippen molar-refractivity contribution in [3.63, 3.8) is 0 Å². The van der Waals surface area contributed by atoms with Gasteiger partial charge in [0, 0.05) is 6.54 Å². The molecule has 0 aliphatic heterocycles. The lowest BCUT2D eigenvalue weighted by Crippen LogP contribution is -2.04. The zero-order valence-electron chi connectivity index (χ0n) is 12.3. The first-order chi connectivity index (χ1) is 10.1. The zero-order valence-corrected chi connectivity index (χ0v) is 14.0. The first kappa shape index (κ1) is 16.2.